The predicted octanol–water partition coefficient (Wildman–Crippen LogP) is 3.75. The number of hydrogen-bond donors (Lipinski definition) is 0. The van der Waals surface area contributed by atoms with E-state index in [0.29, 0.717) is 11.1 Å². The molecule has 84 valence electrons. The van der Waals surface area contributed by atoms with Crippen LogP contribution in [0.3, 0.4) is 0 Å². The molecule has 0 amide bonds. The van der Waals surface area contributed by atoms with Crippen LogP contribution >= 0.6 is 0 Å². The fraction of sp³-hybridized carbons (Fsp3) is 0.385. The molecular formula is C13H20O2. The Morgan fingerprint density at radius 1 is 0.867 bits per heavy atom. The molecule has 0 fully saturated rings. The highest BCUT2D eigenvalue weighted by atomic mass is 16.2. The standard InChI is InChI=1S/C9H6O2.C2H6.2CH4/c10-8-5-9(11)7-4-2-1-3-6(7)8;1-2;;/h1-4H,5H2;1-2H3;2*1H4. The predicted molar refractivity (Wildman–Crippen MR) is 64.5 cm³/mol. The van der Waals surface area contributed by atoms with Crippen LogP contribution in [-0.2, 0) is 0 Å². The molecule has 0 bridgehead atoms. The average Bonchev–Trinajstić information content (AvgIpc) is 2.47. The zero-order chi connectivity index (χ0) is 9.84. The Hall–Kier alpha value is -1.44. The second-order valence-electron chi connectivity index (χ2n) is 2.57. The van der Waals surface area contributed by atoms with Crippen molar-refractivity contribution in [1.29, 1.82) is 0 Å². The zero-order valence-electron chi connectivity index (χ0n) is 7.83. The average molecular weight is 208 g/mol. The molecule has 0 saturated heterocycles. The maximum atomic E-state index is 11.1. The van der Waals surface area contributed by atoms with Crippen molar-refractivity contribution in [3.63, 3.8) is 0 Å². The number of ketones is 2. The molecule has 0 heterocycles. The molecule has 0 atom stereocenters. The van der Waals surface area contributed by atoms with E-state index in [4.69, 9.17) is 0 Å². The van der Waals surface area contributed by atoms with E-state index >= 15 is 0 Å². The molecule has 2 heteroatoms. The van der Waals surface area contributed by atoms with Crippen molar-refractivity contribution in [3.8, 4) is 0 Å². The van der Waals surface area contributed by atoms with Gasteiger partial charge in [0.05, 0.1) is 6.42 Å². The van der Waals surface area contributed by atoms with E-state index in [1.54, 1.807) is 24.3 Å². The lowest BCUT2D eigenvalue weighted by Crippen LogP contribution is -1.90. The molecule has 0 aromatic heterocycles. The third kappa shape index (κ3) is 3.01. The summed E-state index contributed by atoms with van der Waals surface area (Å²) in [5.41, 5.74) is 1.16. The first-order chi connectivity index (χ1) is 6.29. The molecule has 0 radical (unpaired) electrons. The second kappa shape index (κ2) is 6.93. The van der Waals surface area contributed by atoms with Crippen LogP contribution < -0.4 is 0 Å². The van der Waals surface area contributed by atoms with Gasteiger partial charge in [0.2, 0.25) is 0 Å². The van der Waals surface area contributed by atoms with Gasteiger partial charge in [-0.25, -0.2) is 0 Å². The number of carbonyl (C=O) groups excluding carboxylic acids is 2. The lowest BCUT2D eigenvalue weighted by atomic mass is 10.1. The Balaban J connectivity index is 0. The number of rotatable bonds is 0. The molecule has 15 heavy (non-hydrogen) atoms. The molecule has 0 aliphatic heterocycles. The Bertz CT molecular complexity index is 307. The van der Waals surface area contributed by atoms with Crippen molar-refractivity contribution in [2.45, 2.75) is 35.1 Å². The van der Waals surface area contributed by atoms with Crippen molar-refractivity contribution < 1.29 is 9.59 Å². The highest BCUT2D eigenvalue weighted by Gasteiger charge is 2.25. The molecule has 1 aromatic rings. The third-order valence-corrected chi connectivity index (χ3v) is 1.85. The van der Waals surface area contributed by atoms with Crippen molar-refractivity contribution in [3.05, 3.63) is 35.4 Å². The van der Waals surface area contributed by atoms with Gasteiger partial charge in [-0.1, -0.05) is 53.0 Å². The molecule has 0 N–H and O–H groups in total. The van der Waals surface area contributed by atoms with Gasteiger partial charge in [0.25, 0.3) is 0 Å². The minimum absolute atomic E-state index is 0. The molecule has 2 rings (SSSR count). The molecule has 0 saturated carbocycles. The molecule has 0 spiro atoms. The van der Waals surface area contributed by atoms with E-state index in [1.165, 1.54) is 0 Å². The maximum Gasteiger partial charge on any atom is 0.171 e. The Morgan fingerprint density at radius 3 is 1.53 bits per heavy atom. The Morgan fingerprint density at radius 2 is 1.20 bits per heavy atom. The number of Topliss-reactive ketones (excluding diaryl/α,β-unsaturated/α-hetero) is 2. The topological polar surface area (TPSA) is 34.1 Å². The van der Waals surface area contributed by atoms with E-state index in [9.17, 15) is 9.59 Å². The van der Waals surface area contributed by atoms with E-state index in [1.807, 2.05) is 13.8 Å². The largest absolute Gasteiger partial charge is 0.294 e. The summed E-state index contributed by atoms with van der Waals surface area (Å²) in [7, 11) is 0. The van der Waals surface area contributed by atoms with E-state index in [-0.39, 0.29) is 32.8 Å². The minimum Gasteiger partial charge on any atom is -0.294 e. The first-order valence-electron chi connectivity index (χ1n) is 4.44. The summed E-state index contributed by atoms with van der Waals surface area (Å²) in [4.78, 5) is 22.1. The summed E-state index contributed by atoms with van der Waals surface area (Å²) in [6.45, 7) is 4.00. The normalized spacial score (nSPS) is 11.6. The number of carbonyl (C=O) groups is 2. The van der Waals surface area contributed by atoms with Gasteiger partial charge in [-0.3, -0.25) is 9.59 Å². The van der Waals surface area contributed by atoms with Crippen LogP contribution in [0, 0.1) is 0 Å². The summed E-state index contributed by atoms with van der Waals surface area (Å²) in [6.07, 6.45) is 0.0549. The van der Waals surface area contributed by atoms with Crippen LogP contribution in [-0.4, -0.2) is 11.6 Å². The van der Waals surface area contributed by atoms with Crippen molar-refractivity contribution >= 4 is 11.6 Å². The SMILES string of the molecule is C.C.CC.O=C1CC(=O)c2ccccc21. The van der Waals surface area contributed by atoms with Crippen LogP contribution in [0.2, 0.25) is 0 Å². The molecule has 0 unspecified atom stereocenters. The van der Waals surface area contributed by atoms with Gasteiger partial charge in [-0.05, 0) is 0 Å². The van der Waals surface area contributed by atoms with Gasteiger partial charge < -0.3 is 0 Å². The van der Waals surface area contributed by atoms with Gasteiger partial charge >= 0.3 is 0 Å². The van der Waals surface area contributed by atoms with Crippen molar-refractivity contribution in [2.75, 3.05) is 0 Å². The Labute approximate surface area is 92.3 Å². The fourth-order valence-electron chi connectivity index (χ4n) is 1.31. The first kappa shape index (κ1) is 16.0. The summed E-state index contributed by atoms with van der Waals surface area (Å²) in [6, 6.07) is 6.94. The highest BCUT2D eigenvalue weighted by Crippen LogP contribution is 2.20. The lowest BCUT2D eigenvalue weighted by molar-refractivity contribution is 0.0923. The third-order valence-electron chi connectivity index (χ3n) is 1.85. The molecule has 2 nitrogen and oxygen atoms in total. The maximum absolute atomic E-state index is 11.1. The first-order valence-corrected chi connectivity index (χ1v) is 4.44. The van der Waals surface area contributed by atoms with Crippen LogP contribution in [0.15, 0.2) is 24.3 Å². The van der Waals surface area contributed by atoms with Gasteiger partial charge in [0.1, 0.15) is 0 Å². The number of fused-ring (bicyclic) bond motifs is 1. The van der Waals surface area contributed by atoms with Crippen LogP contribution in [0.5, 0.6) is 0 Å². The van der Waals surface area contributed by atoms with Gasteiger partial charge in [0.15, 0.2) is 11.6 Å². The minimum atomic E-state index is -0.0504. The van der Waals surface area contributed by atoms with Gasteiger partial charge in [-0.15, -0.1) is 0 Å². The summed E-state index contributed by atoms with van der Waals surface area (Å²) >= 11 is 0. The van der Waals surface area contributed by atoms with E-state index in [0.717, 1.165) is 0 Å². The van der Waals surface area contributed by atoms with Crippen LogP contribution in [0.25, 0.3) is 0 Å². The molecular weight excluding hydrogens is 188 g/mol. The van der Waals surface area contributed by atoms with Gasteiger partial charge in [0, 0.05) is 11.1 Å². The van der Waals surface area contributed by atoms with Crippen molar-refractivity contribution in [2.24, 2.45) is 0 Å². The monoisotopic (exact) mass is 208 g/mol. The highest BCUT2D eigenvalue weighted by molar-refractivity contribution is 6.24. The summed E-state index contributed by atoms with van der Waals surface area (Å²) in [5, 5.41) is 0. The lowest BCUT2D eigenvalue weighted by Gasteiger charge is -1.90. The smallest absolute Gasteiger partial charge is 0.171 e. The zero-order valence-corrected chi connectivity index (χ0v) is 7.83. The Kier molecular flexibility index (Phi) is 7.40. The quantitative estimate of drug-likeness (QED) is 0.608. The van der Waals surface area contributed by atoms with Crippen LogP contribution in [0.4, 0.5) is 0 Å². The number of benzene rings is 1. The van der Waals surface area contributed by atoms with Gasteiger partial charge in [-0.2, -0.15) is 0 Å². The summed E-state index contributed by atoms with van der Waals surface area (Å²) < 4.78 is 0. The molecule has 1 aliphatic rings. The fourth-order valence-corrected chi connectivity index (χ4v) is 1.31. The van der Waals surface area contributed by atoms with E-state index < -0.39 is 0 Å². The van der Waals surface area contributed by atoms with Crippen LogP contribution in [0.1, 0.15) is 55.8 Å². The molecule has 1 aliphatic carbocycles. The van der Waals surface area contributed by atoms with E-state index in [2.05, 4.69) is 0 Å². The van der Waals surface area contributed by atoms with Crippen molar-refractivity contribution in [1.82, 2.24) is 0 Å². The number of hydrogen-bond acceptors (Lipinski definition) is 2. The second-order valence-corrected chi connectivity index (χ2v) is 2.57. The molecule has 1 aromatic carbocycles. The summed E-state index contributed by atoms with van der Waals surface area (Å²) in [5.74, 6) is -0.101.